The Labute approximate surface area is 109 Å². The molecule has 0 aromatic carbocycles. The van der Waals surface area contributed by atoms with Crippen LogP contribution < -0.4 is 11.3 Å². The Bertz CT molecular complexity index is 594. The number of halogens is 3. The Hall–Kier alpha value is -2.00. The summed E-state index contributed by atoms with van der Waals surface area (Å²) in [6, 6.07) is 2.11. The van der Waals surface area contributed by atoms with Crippen LogP contribution in [0.2, 0.25) is 0 Å². The van der Waals surface area contributed by atoms with Crippen molar-refractivity contribution in [2.75, 3.05) is 0 Å². The predicted molar refractivity (Wildman–Crippen MR) is 62.0 cm³/mol. The third kappa shape index (κ3) is 2.88. The molecule has 0 aliphatic heterocycles. The molecule has 0 spiro atoms. The zero-order chi connectivity index (χ0) is 14.0. The minimum Gasteiger partial charge on any atom is -0.289 e. The molecule has 1 amide bonds. The maximum absolute atomic E-state index is 12.4. The number of nitrogens with one attached hydrogen (secondary N) is 1. The van der Waals surface area contributed by atoms with Gasteiger partial charge >= 0.3 is 6.18 Å². The van der Waals surface area contributed by atoms with Crippen LogP contribution in [-0.2, 0) is 6.18 Å². The summed E-state index contributed by atoms with van der Waals surface area (Å²) in [5.74, 6) is 4.37. The highest BCUT2D eigenvalue weighted by molar-refractivity contribution is 7.13. The van der Waals surface area contributed by atoms with E-state index in [1.165, 1.54) is 11.4 Å². The van der Waals surface area contributed by atoms with Crippen LogP contribution in [0, 0.1) is 0 Å². The lowest BCUT2D eigenvalue weighted by Crippen LogP contribution is -2.30. The van der Waals surface area contributed by atoms with Crippen molar-refractivity contribution in [2.24, 2.45) is 5.84 Å². The zero-order valence-corrected chi connectivity index (χ0v) is 10.0. The molecule has 0 saturated carbocycles. The summed E-state index contributed by atoms with van der Waals surface area (Å²) in [5.41, 5.74) is 1.42. The molecule has 9 heteroatoms. The molecule has 0 aliphatic rings. The van der Waals surface area contributed by atoms with E-state index in [1.807, 2.05) is 5.43 Å². The van der Waals surface area contributed by atoms with Crippen LogP contribution in [0.1, 0.15) is 16.1 Å². The van der Waals surface area contributed by atoms with Crippen LogP contribution in [0.15, 0.2) is 23.7 Å². The van der Waals surface area contributed by atoms with E-state index in [0.717, 1.165) is 23.6 Å². The van der Waals surface area contributed by atoms with E-state index >= 15 is 0 Å². The van der Waals surface area contributed by atoms with Gasteiger partial charge in [0.1, 0.15) is 10.7 Å². The highest BCUT2D eigenvalue weighted by Crippen LogP contribution is 2.30. The lowest BCUT2D eigenvalue weighted by molar-refractivity contribution is -0.137. The fraction of sp³-hybridized carbons (Fsp3) is 0.100. The summed E-state index contributed by atoms with van der Waals surface area (Å²) >= 11 is 1.09. The van der Waals surface area contributed by atoms with Gasteiger partial charge in [0.15, 0.2) is 0 Å². The zero-order valence-electron chi connectivity index (χ0n) is 9.23. The molecule has 2 aromatic heterocycles. The van der Waals surface area contributed by atoms with Crippen molar-refractivity contribution in [1.29, 1.82) is 0 Å². The van der Waals surface area contributed by atoms with Crippen LogP contribution in [0.25, 0.3) is 10.7 Å². The first-order valence-electron chi connectivity index (χ1n) is 4.92. The number of alkyl halides is 3. The Morgan fingerprint density at radius 3 is 2.63 bits per heavy atom. The molecular formula is C10H7F3N4OS. The van der Waals surface area contributed by atoms with Crippen molar-refractivity contribution in [1.82, 2.24) is 15.4 Å². The first kappa shape index (κ1) is 13.4. The lowest BCUT2D eigenvalue weighted by atomic mass is 10.2. The predicted octanol–water partition coefficient (Wildman–Crippen LogP) is 1.83. The van der Waals surface area contributed by atoms with Crippen molar-refractivity contribution in [3.63, 3.8) is 0 Å². The fourth-order valence-corrected chi connectivity index (χ4v) is 2.03. The van der Waals surface area contributed by atoms with Crippen LogP contribution in [-0.4, -0.2) is 15.9 Å². The van der Waals surface area contributed by atoms with Gasteiger partial charge in [-0.3, -0.25) is 15.2 Å². The molecular weight excluding hydrogens is 281 g/mol. The van der Waals surface area contributed by atoms with Gasteiger partial charge in [-0.1, -0.05) is 0 Å². The Morgan fingerprint density at radius 1 is 1.37 bits per heavy atom. The molecule has 3 N–H and O–H groups in total. The van der Waals surface area contributed by atoms with E-state index in [1.54, 1.807) is 0 Å². The number of amides is 1. The average molecular weight is 288 g/mol. The van der Waals surface area contributed by atoms with Crippen molar-refractivity contribution in [2.45, 2.75) is 6.18 Å². The summed E-state index contributed by atoms with van der Waals surface area (Å²) < 4.78 is 37.1. The van der Waals surface area contributed by atoms with E-state index < -0.39 is 17.6 Å². The monoisotopic (exact) mass is 288 g/mol. The number of carbonyl (C=O) groups is 1. The molecule has 0 unspecified atom stereocenters. The summed E-state index contributed by atoms with van der Waals surface area (Å²) in [5, 5.41) is 1.78. The van der Waals surface area contributed by atoms with Gasteiger partial charge in [-0.2, -0.15) is 13.2 Å². The minimum absolute atomic E-state index is 0.0872. The quantitative estimate of drug-likeness (QED) is 0.502. The summed E-state index contributed by atoms with van der Waals surface area (Å²) in [7, 11) is 0. The van der Waals surface area contributed by atoms with Gasteiger partial charge in [0.2, 0.25) is 0 Å². The first-order chi connectivity index (χ1) is 8.91. The standard InChI is InChI=1S/C10H7F3N4OS/c11-10(12,13)5-1-2-6(15-3-5)9-16-7(4-19-9)8(18)17-14/h1-4H,14H2,(H,17,18). The third-order valence-corrected chi connectivity index (χ3v) is 3.04. The van der Waals surface area contributed by atoms with Crippen LogP contribution >= 0.6 is 11.3 Å². The van der Waals surface area contributed by atoms with Gasteiger partial charge in [0.05, 0.1) is 11.3 Å². The van der Waals surface area contributed by atoms with E-state index in [4.69, 9.17) is 5.84 Å². The average Bonchev–Trinajstić information content (AvgIpc) is 2.86. The normalized spacial score (nSPS) is 11.4. The second-order valence-electron chi connectivity index (χ2n) is 3.44. The number of hydrogen-bond donors (Lipinski definition) is 2. The molecule has 5 nitrogen and oxygen atoms in total. The Balaban J connectivity index is 2.28. The first-order valence-corrected chi connectivity index (χ1v) is 5.80. The van der Waals surface area contributed by atoms with Gasteiger partial charge in [-0.15, -0.1) is 11.3 Å². The fourth-order valence-electron chi connectivity index (χ4n) is 1.26. The number of nitrogens with two attached hydrogens (primary N) is 1. The molecule has 2 aromatic rings. The van der Waals surface area contributed by atoms with E-state index in [-0.39, 0.29) is 11.4 Å². The molecule has 0 saturated heterocycles. The number of hydrazine groups is 1. The van der Waals surface area contributed by atoms with Crippen molar-refractivity contribution >= 4 is 17.2 Å². The minimum atomic E-state index is -4.43. The van der Waals surface area contributed by atoms with E-state index in [2.05, 4.69) is 9.97 Å². The Morgan fingerprint density at radius 2 is 2.11 bits per heavy atom. The number of rotatable bonds is 2. The summed E-state index contributed by atoms with van der Waals surface area (Å²) in [6.07, 6.45) is -3.71. The van der Waals surface area contributed by atoms with Crippen molar-refractivity contribution in [3.05, 3.63) is 35.0 Å². The maximum Gasteiger partial charge on any atom is 0.417 e. The summed E-state index contributed by atoms with van der Waals surface area (Å²) in [6.45, 7) is 0. The number of nitrogens with zero attached hydrogens (tertiary/aromatic N) is 2. The van der Waals surface area contributed by atoms with Crippen LogP contribution in [0.4, 0.5) is 13.2 Å². The van der Waals surface area contributed by atoms with Crippen molar-refractivity contribution in [3.8, 4) is 10.7 Å². The molecule has 100 valence electrons. The number of carbonyl (C=O) groups excluding carboxylic acids is 1. The van der Waals surface area contributed by atoms with Gasteiger partial charge in [0, 0.05) is 11.6 Å². The Kier molecular flexibility index (Phi) is 3.49. The SMILES string of the molecule is NNC(=O)c1csc(-c2ccc(C(F)(F)F)cn2)n1. The van der Waals surface area contributed by atoms with Gasteiger partial charge in [0.25, 0.3) is 5.91 Å². The molecule has 2 rings (SSSR count). The second kappa shape index (κ2) is 4.94. The van der Waals surface area contributed by atoms with Gasteiger partial charge in [-0.25, -0.2) is 10.8 Å². The third-order valence-electron chi connectivity index (χ3n) is 2.18. The molecule has 0 aliphatic carbocycles. The van der Waals surface area contributed by atoms with E-state index in [9.17, 15) is 18.0 Å². The van der Waals surface area contributed by atoms with Gasteiger partial charge < -0.3 is 0 Å². The number of aromatic nitrogens is 2. The molecule has 19 heavy (non-hydrogen) atoms. The highest BCUT2D eigenvalue weighted by Gasteiger charge is 2.30. The van der Waals surface area contributed by atoms with Crippen molar-refractivity contribution < 1.29 is 18.0 Å². The molecule has 0 fully saturated rings. The second-order valence-corrected chi connectivity index (χ2v) is 4.30. The maximum atomic E-state index is 12.4. The number of pyridine rings is 1. The molecule has 0 bridgehead atoms. The number of hydrogen-bond acceptors (Lipinski definition) is 5. The topological polar surface area (TPSA) is 80.9 Å². The highest BCUT2D eigenvalue weighted by atomic mass is 32.1. The number of nitrogen functional groups attached to an aromatic ring is 1. The van der Waals surface area contributed by atoms with Crippen LogP contribution in [0.5, 0.6) is 0 Å². The lowest BCUT2D eigenvalue weighted by Gasteiger charge is -2.05. The van der Waals surface area contributed by atoms with Crippen LogP contribution in [0.3, 0.4) is 0 Å². The van der Waals surface area contributed by atoms with Gasteiger partial charge in [-0.05, 0) is 12.1 Å². The molecule has 0 atom stereocenters. The largest absolute Gasteiger partial charge is 0.417 e. The smallest absolute Gasteiger partial charge is 0.289 e. The van der Waals surface area contributed by atoms with E-state index in [0.29, 0.717) is 5.01 Å². The summed E-state index contributed by atoms with van der Waals surface area (Å²) in [4.78, 5) is 18.8. The number of thiazole rings is 1. The molecule has 0 radical (unpaired) electrons. The molecule has 2 heterocycles.